The first-order chi connectivity index (χ1) is 10.7. The number of nitrogens with zero attached hydrogens (tertiary/aromatic N) is 3. The van der Waals surface area contributed by atoms with Crippen LogP contribution >= 0.6 is 35.0 Å². The van der Waals surface area contributed by atoms with Gasteiger partial charge in [0.05, 0.1) is 16.4 Å². The Morgan fingerprint density at radius 3 is 2.77 bits per heavy atom. The number of nitriles is 1. The molecule has 2 heterocycles. The second kappa shape index (κ2) is 6.41. The smallest absolute Gasteiger partial charge is 0.222 e. The van der Waals surface area contributed by atoms with Gasteiger partial charge in [0.2, 0.25) is 5.28 Å². The van der Waals surface area contributed by atoms with Crippen LogP contribution in [0, 0.1) is 11.3 Å². The zero-order valence-electron chi connectivity index (χ0n) is 11.0. The van der Waals surface area contributed by atoms with E-state index in [1.165, 1.54) is 18.0 Å². The molecule has 1 aromatic heterocycles. The van der Waals surface area contributed by atoms with Crippen molar-refractivity contribution in [1.29, 1.82) is 5.26 Å². The maximum atomic E-state index is 9.43. The lowest BCUT2D eigenvalue weighted by Crippen LogP contribution is -2.07. The average molecular weight is 347 g/mol. The molecule has 0 saturated heterocycles. The van der Waals surface area contributed by atoms with Gasteiger partial charge in [0.25, 0.3) is 0 Å². The number of allylic oxidation sites excluding steroid dienone is 1. The highest BCUT2D eigenvalue weighted by atomic mass is 35.5. The minimum absolute atomic E-state index is 0.105. The molecule has 0 unspecified atom stereocenters. The van der Waals surface area contributed by atoms with Crippen molar-refractivity contribution >= 4 is 46.2 Å². The summed E-state index contributed by atoms with van der Waals surface area (Å²) in [5, 5.41) is 16.0. The lowest BCUT2D eigenvalue weighted by molar-refractivity contribution is 1.13. The molecule has 0 spiro atoms. The Morgan fingerprint density at radius 1 is 1.23 bits per heavy atom. The van der Waals surface area contributed by atoms with Crippen molar-refractivity contribution in [2.24, 2.45) is 0 Å². The number of hydrogen-bond donors (Lipinski definition) is 1. The lowest BCUT2D eigenvalue weighted by Gasteiger charge is -2.08. The van der Waals surface area contributed by atoms with Crippen LogP contribution in [0.5, 0.6) is 0 Å². The third kappa shape index (κ3) is 2.95. The number of halogens is 2. The van der Waals surface area contributed by atoms with E-state index in [0.717, 1.165) is 11.3 Å². The van der Waals surface area contributed by atoms with Gasteiger partial charge in [0.15, 0.2) is 0 Å². The van der Waals surface area contributed by atoms with E-state index < -0.39 is 0 Å². The Bertz CT molecular complexity index is 839. The molecule has 2 aromatic rings. The van der Waals surface area contributed by atoms with Crippen LogP contribution in [0.25, 0.3) is 11.3 Å². The van der Waals surface area contributed by atoms with Gasteiger partial charge in [0.1, 0.15) is 11.6 Å². The van der Waals surface area contributed by atoms with E-state index in [1.54, 1.807) is 6.07 Å². The molecule has 1 aliphatic rings. The van der Waals surface area contributed by atoms with Gasteiger partial charge in [-0.15, -0.1) is 0 Å². The van der Waals surface area contributed by atoms with E-state index in [2.05, 4.69) is 21.4 Å². The largest absolute Gasteiger partial charge is 0.348 e. The van der Waals surface area contributed by atoms with E-state index in [9.17, 15) is 5.26 Å². The van der Waals surface area contributed by atoms with E-state index >= 15 is 0 Å². The van der Waals surface area contributed by atoms with Crippen LogP contribution in [0.4, 0.5) is 0 Å². The second-order valence-corrected chi connectivity index (χ2v) is 5.91. The zero-order chi connectivity index (χ0) is 15.5. The van der Waals surface area contributed by atoms with Gasteiger partial charge >= 0.3 is 0 Å². The molecule has 0 fully saturated rings. The molecular weight excluding hydrogens is 339 g/mol. The number of thioether (sulfide) groups is 1. The van der Waals surface area contributed by atoms with Crippen LogP contribution in [-0.4, -0.2) is 9.97 Å². The van der Waals surface area contributed by atoms with E-state index in [4.69, 9.17) is 23.2 Å². The van der Waals surface area contributed by atoms with E-state index in [1.807, 2.05) is 29.7 Å². The number of aromatic nitrogens is 2. The first kappa shape index (κ1) is 14.9. The van der Waals surface area contributed by atoms with Gasteiger partial charge < -0.3 is 5.32 Å². The minimum atomic E-state index is 0.105. The van der Waals surface area contributed by atoms with Crippen molar-refractivity contribution < 1.29 is 0 Å². The predicted octanol–water partition coefficient (Wildman–Crippen LogP) is 4.31. The summed E-state index contributed by atoms with van der Waals surface area (Å²) >= 11 is 13.4. The normalized spacial score (nSPS) is 15.8. The van der Waals surface area contributed by atoms with Gasteiger partial charge in [-0.2, -0.15) is 5.26 Å². The van der Waals surface area contributed by atoms with Crippen molar-refractivity contribution in [1.82, 2.24) is 15.3 Å². The highest BCUT2D eigenvalue weighted by Gasteiger charge is 2.19. The SMILES string of the molecule is N#C/C(=C1/NC(c2ccccc2Cl)=CS1)c1ccnc(Cl)n1. The Hall–Kier alpha value is -2.00. The molecule has 0 amide bonds. The van der Waals surface area contributed by atoms with Gasteiger partial charge in [-0.05, 0) is 23.7 Å². The average Bonchev–Trinajstić information content (AvgIpc) is 2.98. The standard InChI is InChI=1S/C15H8Cl2N4S/c16-11-4-2-1-3-9(11)13-8-22-14(20-13)10(7-18)12-5-6-19-15(17)21-12/h1-6,8,20H/b14-10+. The number of benzene rings is 1. The van der Waals surface area contributed by atoms with Crippen molar-refractivity contribution in [3.8, 4) is 6.07 Å². The first-order valence-corrected chi connectivity index (χ1v) is 7.84. The molecule has 4 nitrogen and oxygen atoms in total. The summed E-state index contributed by atoms with van der Waals surface area (Å²) < 4.78 is 0. The Labute approximate surface area is 141 Å². The lowest BCUT2D eigenvalue weighted by atomic mass is 10.1. The highest BCUT2D eigenvalue weighted by molar-refractivity contribution is 8.06. The maximum Gasteiger partial charge on any atom is 0.222 e. The Kier molecular flexibility index (Phi) is 4.34. The zero-order valence-corrected chi connectivity index (χ0v) is 13.4. The van der Waals surface area contributed by atoms with Crippen LogP contribution in [0.2, 0.25) is 10.3 Å². The fourth-order valence-electron chi connectivity index (χ4n) is 1.93. The van der Waals surface area contributed by atoms with Crippen LogP contribution in [-0.2, 0) is 0 Å². The van der Waals surface area contributed by atoms with Crippen molar-refractivity contribution in [2.75, 3.05) is 0 Å². The molecule has 0 saturated carbocycles. The monoisotopic (exact) mass is 346 g/mol. The predicted molar refractivity (Wildman–Crippen MR) is 89.7 cm³/mol. The fourth-order valence-corrected chi connectivity index (χ4v) is 3.17. The summed E-state index contributed by atoms with van der Waals surface area (Å²) in [7, 11) is 0. The van der Waals surface area contributed by atoms with Gasteiger partial charge in [-0.1, -0.05) is 41.6 Å². The van der Waals surface area contributed by atoms with Crippen LogP contribution in [0.15, 0.2) is 47.0 Å². The number of nitrogens with one attached hydrogen (secondary N) is 1. The van der Waals surface area contributed by atoms with Gasteiger partial charge in [-0.25, -0.2) is 9.97 Å². The molecule has 3 rings (SSSR count). The first-order valence-electron chi connectivity index (χ1n) is 6.21. The van der Waals surface area contributed by atoms with E-state index in [0.29, 0.717) is 21.3 Å². The topological polar surface area (TPSA) is 61.6 Å². The Balaban J connectivity index is 1.95. The molecule has 0 radical (unpaired) electrons. The fraction of sp³-hybridized carbons (Fsp3) is 0. The van der Waals surface area contributed by atoms with Crippen molar-refractivity contribution in [2.45, 2.75) is 0 Å². The summed E-state index contributed by atoms with van der Waals surface area (Å²) in [5.41, 5.74) is 2.61. The number of hydrogen-bond acceptors (Lipinski definition) is 5. The summed E-state index contributed by atoms with van der Waals surface area (Å²) in [6.07, 6.45) is 1.52. The van der Waals surface area contributed by atoms with Gasteiger partial charge in [-0.3, -0.25) is 0 Å². The van der Waals surface area contributed by atoms with Crippen LogP contribution < -0.4 is 5.32 Å². The van der Waals surface area contributed by atoms with E-state index in [-0.39, 0.29) is 5.28 Å². The summed E-state index contributed by atoms with van der Waals surface area (Å²) in [4.78, 5) is 7.90. The molecule has 0 aliphatic carbocycles. The van der Waals surface area contributed by atoms with Crippen LogP contribution in [0.3, 0.4) is 0 Å². The summed E-state index contributed by atoms with van der Waals surface area (Å²) in [6.45, 7) is 0. The third-order valence-corrected chi connectivity index (χ3v) is 4.34. The summed E-state index contributed by atoms with van der Waals surface area (Å²) in [5.74, 6) is 0. The molecule has 0 atom stereocenters. The molecule has 1 aromatic carbocycles. The summed E-state index contributed by atoms with van der Waals surface area (Å²) in [6, 6.07) is 11.3. The highest BCUT2D eigenvalue weighted by Crippen LogP contribution is 2.36. The molecule has 1 aliphatic heterocycles. The number of rotatable bonds is 2. The quantitative estimate of drug-likeness (QED) is 0.648. The maximum absolute atomic E-state index is 9.43. The molecular formula is C15H8Cl2N4S. The molecule has 7 heteroatoms. The van der Waals surface area contributed by atoms with Gasteiger partial charge in [0, 0.05) is 22.2 Å². The molecule has 1 N–H and O–H groups in total. The third-order valence-electron chi connectivity index (χ3n) is 2.93. The van der Waals surface area contributed by atoms with Crippen LogP contribution in [0.1, 0.15) is 11.3 Å². The second-order valence-electron chi connectivity index (χ2n) is 4.28. The van der Waals surface area contributed by atoms with Crippen molar-refractivity contribution in [3.05, 3.63) is 68.5 Å². The van der Waals surface area contributed by atoms with Crippen molar-refractivity contribution in [3.63, 3.8) is 0 Å². The Morgan fingerprint density at radius 2 is 2.05 bits per heavy atom. The molecule has 0 bridgehead atoms. The minimum Gasteiger partial charge on any atom is -0.348 e. The molecule has 22 heavy (non-hydrogen) atoms. The molecule has 108 valence electrons.